The number of ether oxygens (including phenoxy) is 1. The summed E-state index contributed by atoms with van der Waals surface area (Å²) >= 11 is 1.78. The van der Waals surface area contributed by atoms with Gasteiger partial charge in [-0.3, -0.25) is 4.79 Å². The summed E-state index contributed by atoms with van der Waals surface area (Å²) in [4.78, 5) is 14.2. The molecule has 1 aliphatic heterocycles. The SMILES string of the molecule is COc1cccc2c1C(Sc1ccccc1)CN(C=O)C2. The number of rotatable bonds is 4. The Kier molecular flexibility index (Phi) is 4.15. The molecule has 0 saturated carbocycles. The van der Waals surface area contributed by atoms with Crippen molar-refractivity contribution >= 4 is 18.2 Å². The van der Waals surface area contributed by atoms with E-state index in [4.69, 9.17) is 4.74 Å². The van der Waals surface area contributed by atoms with Gasteiger partial charge < -0.3 is 9.64 Å². The van der Waals surface area contributed by atoms with Gasteiger partial charge in [0.1, 0.15) is 5.75 Å². The van der Waals surface area contributed by atoms with Gasteiger partial charge in [0.05, 0.1) is 12.4 Å². The number of fused-ring (bicyclic) bond motifs is 1. The first kappa shape index (κ1) is 14.0. The maximum atomic E-state index is 11.2. The highest BCUT2D eigenvalue weighted by molar-refractivity contribution is 7.99. The standard InChI is InChI=1S/C17H17NO2S/c1-20-15-9-5-6-13-10-18(12-19)11-16(17(13)15)21-14-7-3-2-4-8-14/h2-9,12,16H,10-11H2,1H3. The first-order chi connectivity index (χ1) is 10.3. The molecule has 3 rings (SSSR count). The van der Waals surface area contributed by atoms with Crippen molar-refractivity contribution in [2.75, 3.05) is 13.7 Å². The third-order valence-electron chi connectivity index (χ3n) is 3.64. The second kappa shape index (κ2) is 6.22. The third kappa shape index (κ3) is 2.90. The van der Waals surface area contributed by atoms with E-state index in [1.807, 2.05) is 35.2 Å². The Morgan fingerprint density at radius 3 is 2.71 bits per heavy atom. The van der Waals surface area contributed by atoms with E-state index in [0.717, 1.165) is 12.2 Å². The fourth-order valence-electron chi connectivity index (χ4n) is 2.70. The molecule has 0 fully saturated rings. The second-order valence-corrected chi connectivity index (χ2v) is 6.26. The van der Waals surface area contributed by atoms with Crippen LogP contribution in [0.1, 0.15) is 16.4 Å². The number of amides is 1. The molecule has 0 spiro atoms. The van der Waals surface area contributed by atoms with Crippen LogP contribution in [-0.2, 0) is 11.3 Å². The molecular formula is C17H17NO2S. The summed E-state index contributed by atoms with van der Waals surface area (Å²) in [5.74, 6) is 0.909. The molecule has 2 aromatic carbocycles. The lowest BCUT2D eigenvalue weighted by Crippen LogP contribution is -2.31. The van der Waals surface area contributed by atoms with Crippen molar-refractivity contribution in [3.63, 3.8) is 0 Å². The van der Waals surface area contributed by atoms with Gasteiger partial charge in [0.25, 0.3) is 0 Å². The molecule has 4 heteroatoms. The van der Waals surface area contributed by atoms with Crippen molar-refractivity contribution in [1.29, 1.82) is 0 Å². The van der Waals surface area contributed by atoms with E-state index >= 15 is 0 Å². The molecule has 0 aliphatic carbocycles. The zero-order valence-electron chi connectivity index (χ0n) is 11.9. The molecule has 0 aromatic heterocycles. The van der Waals surface area contributed by atoms with E-state index < -0.39 is 0 Å². The molecule has 2 aromatic rings. The maximum Gasteiger partial charge on any atom is 0.210 e. The number of thioether (sulfide) groups is 1. The summed E-state index contributed by atoms with van der Waals surface area (Å²) in [6.45, 7) is 1.36. The summed E-state index contributed by atoms with van der Waals surface area (Å²) in [6, 6.07) is 16.3. The number of nitrogens with zero attached hydrogens (tertiary/aromatic N) is 1. The van der Waals surface area contributed by atoms with Crippen LogP contribution in [0, 0.1) is 0 Å². The molecule has 0 saturated heterocycles. The van der Waals surface area contributed by atoms with E-state index in [2.05, 4.69) is 18.2 Å². The van der Waals surface area contributed by atoms with Crippen molar-refractivity contribution in [2.45, 2.75) is 16.7 Å². The molecule has 1 amide bonds. The molecule has 0 radical (unpaired) electrons. The monoisotopic (exact) mass is 299 g/mol. The lowest BCUT2D eigenvalue weighted by atomic mass is 9.98. The Bertz CT molecular complexity index is 630. The number of methoxy groups -OCH3 is 1. The van der Waals surface area contributed by atoms with Crippen LogP contribution in [0.4, 0.5) is 0 Å². The molecule has 1 heterocycles. The minimum absolute atomic E-state index is 0.192. The van der Waals surface area contributed by atoms with Crippen molar-refractivity contribution in [1.82, 2.24) is 4.90 Å². The Hall–Kier alpha value is -1.94. The first-order valence-electron chi connectivity index (χ1n) is 6.88. The average Bonchev–Trinajstić information content (AvgIpc) is 2.54. The van der Waals surface area contributed by atoms with Gasteiger partial charge >= 0.3 is 0 Å². The average molecular weight is 299 g/mol. The van der Waals surface area contributed by atoms with E-state index in [0.29, 0.717) is 13.1 Å². The maximum absolute atomic E-state index is 11.2. The Balaban J connectivity index is 1.98. The Morgan fingerprint density at radius 1 is 1.19 bits per heavy atom. The van der Waals surface area contributed by atoms with Gasteiger partial charge in [0.2, 0.25) is 6.41 Å². The van der Waals surface area contributed by atoms with Crippen molar-refractivity contribution < 1.29 is 9.53 Å². The van der Waals surface area contributed by atoms with Crippen molar-refractivity contribution in [2.24, 2.45) is 0 Å². The van der Waals surface area contributed by atoms with Crippen LogP contribution in [-0.4, -0.2) is 25.0 Å². The molecule has 0 bridgehead atoms. The highest BCUT2D eigenvalue weighted by Gasteiger charge is 2.28. The molecule has 3 nitrogen and oxygen atoms in total. The summed E-state index contributed by atoms with van der Waals surface area (Å²) in [6.07, 6.45) is 0.932. The summed E-state index contributed by atoms with van der Waals surface area (Å²) in [7, 11) is 1.70. The predicted molar refractivity (Wildman–Crippen MR) is 84.5 cm³/mol. The number of benzene rings is 2. The van der Waals surface area contributed by atoms with Gasteiger partial charge in [-0.2, -0.15) is 0 Å². The van der Waals surface area contributed by atoms with Crippen LogP contribution >= 0.6 is 11.8 Å². The lowest BCUT2D eigenvalue weighted by molar-refractivity contribution is -0.118. The molecule has 1 aliphatic rings. The summed E-state index contributed by atoms with van der Waals surface area (Å²) in [5, 5.41) is 0.192. The molecule has 21 heavy (non-hydrogen) atoms. The minimum atomic E-state index is 0.192. The van der Waals surface area contributed by atoms with Crippen molar-refractivity contribution in [3.05, 3.63) is 59.7 Å². The molecule has 1 unspecified atom stereocenters. The number of hydrogen-bond acceptors (Lipinski definition) is 3. The highest BCUT2D eigenvalue weighted by atomic mass is 32.2. The topological polar surface area (TPSA) is 29.5 Å². The van der Waals surface area contributed by atoms with Gasteiger partial charge in [0.15, 0.2) is 0 Å². The normalized spacial score (nSPS) is 17.2. The largest absolute Gasteiger partial charge is 0.496 e. The zero-order chi connectivity index (χ0) is 14.7. The molecule has 0 N–H and O–H groups in total. The third-order valence-corrected chi connectivity index (χ3v) is 4.86. The van der Waals surface area contributed by atoms with Crippen LogP contribution in [0.15, 0.2) is 53.4 Å². The van der Waals surface area contributed by atoms with Crippen LogP contribution < -0.4 is 4.74 Å². The minimum Gasteiger partial charge on any atom is -0.496 e. The Morgan fingerprint density at radius 2 is 2.00 bits per heavy atom. The number of carbonyl (C=O) groups excluding carboxylic acids is 1. The van der Waals surface area contributed by atoms with Gasteiger partial charge in [-0.25, -0.2) is 0 Å². The van der Waals surface area contributed by atoms with Crippen LogP contribution in [0.5, 0.6) is 5.75 Å². The van der Waals surface area contributed by atoms with Crippen LogP contribution in [0.3, 0.4) is 0 Å². The van der Waals surface area contributed by atoms with Gasteiger partial charge in [0, 0.05) is 23.5 Å². The van der Waals surface area contributed by atoms with E-state index in [9.17, 15) is 4.79 Å². The fourth-order valence-corrected chi connectivity index (χ4v) is 3.99. The lowest BCUT2D eigenvalue weighted by Gasteiger charge is -2.33. The van der Waals surface area contributed by atoms with Gasteiger partial charge in [-0.05, 0) is 23.8 Å². The molecule has 1 atom stereocenters. The number of carbonyl (C=O) groups is 1. The van der Waals surface area contributed by atoms with E-state index in [1.165, 1.54) is 16.0 Å². The summed E-state index contributed by atoms with van der Waals surface area (Å²) < 4.78 is 5.53. The summed E-state index contributed by atoms with van der Waals surface area (Å²) in [5.41, 5.74) is 2.38. The quantitative estimate of drug-likeness (QED) is 0.809. The van der Waals surface area contributed by atoms with Gasteiger partial charge in [-0.1, -0.05) is 30.3 Å². The van der Waals surface area contributed by atoms with Crippen molar-refractivity contribution in [3.8, 4) is 5.75 Å². The second-order valence-electron chi connectivity index (χ2n) is 4.99. The Labute approximate surface area is 128 Å². The smallest absolute Gasteiger partial charge is 0.210 e. The highest BCUT2D eigenvalue weighted by Crippen LogP contribution is 2.44. The number of hydrogen-bond donors (Lipinski definition) is 0. The predicted octanol–water partition coefficient (Wildman–Crippen LogP) is 3.50. The molecular weight excluding hydrogens is 282 g/mol. The first-order valence-corrected chi connectivity index (χ1v) is 7.76. The molecule has 108 valence electrons. The van der Waals surface area contributed by atoms with E-state index in [1.54, 1.807) is 18.9 Å². The van der Waals surface area contributed by atoms with Crippen LogP contribution in [0.25, 0.3) is 0 Å². The van der Waals surface area contributed by atoms with E-state index in [-0.39, 0.29) is 5.25 Å². The van der Waals surface area contributed by atoms with Gasteiger partial charge in [-0.15, -0.1) is 11.8 Å². The zero-order valence-corrected chi connectivity index (χ0v) is 12.7. The van der Waals surface area contributed by atoms with Crippen LogP contribution in [0.2, 0.25) is 0 Å². The fraction of sp³-hybridized carbons (Fsp3) is 0.235.